The summed E-state index contributed by atoms with van der Waals surface area (Å²) in [7, 11) is -1.75. The molecule has 0 saturated carbocycles. The summed E-state index contributed by atoms with van der Waals surface area (Å²) in [5, 5.41) is 3.97. The third kappa shape index (κ3) is 5.01. The standard InChI is InChI=1S/C16H23N5O4S/c1-20-16(17-13-18-20)12-25-14-2-4-15(5-3-14)26(22,23)19-6-7-21-8-10-24-11-9-21/h2-5,13,19H,6-12H2,1H3. The molecule has 1 aliphatic rings. The summed E-state index contributed by atoms with van der Waals surface area (Å²) in [5.41, 5.74) is 0. The highest BCUT2D eigenvalue weighted by Crippen LogP contribution is 2.16. The molecule has 26 heavy (non-hydrogen) atoms. The fourth-order valence-electron chi connectivity index (χ4n) is 2.56. The Morgan fingerprint density at radius 1 is 1.23 bits per heavy atom. The third-order valence-electron chi connectivity index (χ3n) is 4.13. The first-order chi connectivity index (χ1) is 12.5. The normalized spacial score (nSPS) is 15.9. The zero-order chi connectivity index (χ0) is 18.4. The molecule has 1 fully saturated rings. The van der Waals surface area contributed by atoms with Crippen LogP contribution in [0.4, 0.5) is 0 Å². The lowest BCUT2D eigenvalue weighted by Gasteiger charge is -2.26. The predicted molar refractivity (Wildman–Crippen MR) is 94.2 cm³/mol. The number of sulfonamides is 1. The lowest BCUT2D eigenvalue weighted by atomic mass is 10.3. The maximum absolute atomic E-state index is 12.4. The third-order valence-corrected chi connectivity index (χ3v) is 5.61. The highest BCUT2D eigenvalue weighted by Gasteiger charge is 2.15. The van der Waals surface area contributed by atoms with Gasteiger partial charge in [0.1, 0.15) is 18.7 Å². The maximum atomic E-state index is 12.4. The molecule has 0 radical (unpaired) electrons. The van der Waals surface area contributed by atoms with Crippen molar-refractivity contribution in [2.75, 3.05) is 39.4 Å². The molecule has 0 unspecified atom stereocenters. The summed E-state index contributed by atoms with van der Waals surface area (Å²) in [6.07, 6.45) is 1.46. The number of aryl methyl sites for hydroxylation is 1. The second kappa shape index (κ2) is 8.58. The Bertz CT molecular complexity index is 800. The second-order valence-electron chi connectivity index (χ2n) is 5.91. The monoisotopic (exact) mass is 381 g/mol. The highest BCUT2D eigenvalue weighted by atomic mass is 32.2. The minimum atomic E-state index is -3.53. The average molecular weight is 381 g/mol. The fourth-order valence-corrected chi connectivity index (χ4v) is 3.58. The number of nitrogens with zero attached hydrogens (tertiary/aromatic N) is 4. The van der Waals surface area contributed by atoms with E-state index in [1.54, 1.807) is 23.9 Å². The minimum Gasteiger partial charge on any atom is -0.486 e. The summed E-state index contributed by atoms with van der Waals surface area (Å²) in [6, 6.07) is 6.33. The molecule has 1 saturated heterocycles. The summed E-state index contributed by atoms with van der Waals surface area (Å²) in [5.74, 6) is 1.26. The molecule has 0 amide bonds. The van der Waals surface area contributed by atoms with E-state index in [4.69, 9.17) is 9.47 Å². The van der Waals surface area contributed by atoms with E-state index < -0.39 is 10.0 Å². The van der Waals surface area contributed by atoms with E-state index in [2.05, 4.69) is 19.7 Å². The van der Waals surface area contributed by atoms with Crippen LogP contribution in [-0.2, 0) is 28.4 Å². The molecule has 0 bridgehead atoms. The van der Waals surface area contributed by atoms with E-state index in [0.717, 1.165) is 13.1 Å². The number of ether oxygens (including phenoxy) is 2. The molecule has 0 aliphatic carbocycles. The van der Waals surface area contributed by atoms with Crippen molar-refractivity contribution in [3.05, 3.63) is 36.4 Å². The largest absolute Gasteiger partial charge is 0.486 e. The Hall–Kier alpha value is -2.01. The van der Waals surface area contributed by atoms with Gasteiger partial charge in [0.15, 0.2) is 5.82 Å². The summed E-state index contributed by atoms with van der Waals surface area (Å²) in [6.45, 7) is 4.36. The number of nitrogens with one attached hydrogen (secondary N) is 1. The van der Waals surface area contributed by atoms with Gasteiger partial charge in [0.2, 0.25) is 10.0 Å². The molecule has 2 aromatic rings. The molecule has 1 N–H and O–H groups in total. The molecular weight excluding hydrogens is 358 g/mol. The van der Waals surface area contributed by atoms with Crippen LogP contribution in [0.2, 0.25) is 0 Å². The number of rotatable bonds is 8. The van der Waals surface area contributed by atoms with Crippen LogP contribution in [0.5, 0.6) is 5.75 Å². The van der Waals surface area contributed by atoms with E-state index >= 15 is 0 Å². The van der Waals surface area contributed by atoms with Crippen LogP contribution in [0.25, 0.3) is 0 Å². The zero-order valence-electron chi connectivity index (χ0n) is 14.7. The van der Waals surface area contributed by atoms with Crippen LogP contribution < -0.4 is 9.46 Å². The van der Waals surface area contributed by atoms with Crippen molar-refractivity contribution in [2.24, 2.45) is 7.05 Å². The van der Waals surface area contributed by atoms with Gasteiger partial charge in [-0.25, -0.2) is 18.1 Å². The van der Waals surface area contributed by atoms with Gasteiger partial charge in [-0.2, -0.15) is 5.10 Å². The zero-order valence-corrected chi connectivity index (χ0v) is 15.5. The van der Waals surface area contributed by atoms with Gasteiger partial charge < -0.3 is 9.47 Å². The van der Waals surface area contributed by atoms with Crippen LogP contribution in [-0.4, -0.2) is 67.5 Å². The molecule has 10 heteroatoms. The van der Waals surface area contributed by atoms with Gasteiger partial charge in [0, 0.05) is 33.2 Å². The number of hydrogen-bond donors (Lipinski definition) is 1. The summed E-state index contributed by atoms with van der Waals surface area (Å²) >= 11 is 0. The van der Waals surface area contributed by atoms with Gasteiger partial charge >= 0.3 is 0 Å². The topological polar surface area (TPSA) is 98.6 Å². The molecule has 1 aromatic carbocycles. The van der Waals surface area contributed by atoms with Crippen molar-refractivity contribution in [1.82, 2.24) is 24.4 Å². The second-order valence-corrected chi connectivity index (χ2v) is 7.68. The fraction of sp³-hybridized carbons (Fsp3) is 0.500. The minimum absolute atomic E-state index is 0.213. The van der Waals surface area contributed by atoms with Crippen molar-refractivity contribution in [3.63, 3.8) is 0 Å². The number of morpholine rings is 1. The van der Waals surface area contributed by atoms with Gasteiger partial charge in [0.25, 0.3) is 0 Å². The summed E-state index contributed by atoms with van der Waals surface area (Å²) < 4.78 is 39.8. The molecular formula is C16H23N5O4S. The van der Waals surface area contributed by atoms with Crippen LogP contribution in [0.15, 0.2) is 35.5 Å². The molecule has 1 aromatic heterocycles. The van der Waals surface area contributed by atoms with Crippen molar-refractivity contribution in [2.45, 2.75) is 11.5 Å². The first kappa shape index (κ1) is 18.8. The maximum Gasteiger partial charge on any atom is 0.240 e. The van der Waals surface area contributed by atoms with E-state index in [9.17, 15) is 8.42 Å². The quantitative estimate of drug-likeness (QED) is 0.687. The Morgan fingerprint density at radius 2 is 1.96 bits per heavy atom. The number of hydrogen-bond acceptors (Lipinski definition) is 7. The molecule has 2 heterocycles. The van der Waals surface area contributed by atoms with Crippen LogP contribution in [0.1, 0.15) is 5.82 Å². The first-order valence-electron chi connectivity index (χ1n) is 8.40. The molecule has 9 nitrogen and oxygen atoms in total. The Labute approximate surface area is 153 Å². The molecule has 3 rings (SSSR count). The number of benzene rings is 1. The lowest BCUT2D eigenvalue weighted by Crippen LogP contribution is -2.41. The van der Waals surface area contributed by atoms with E-state index in [1.165, 1.54) is 18.5 Å². The molecule has 142 valence electrons. The highest BCUT2D eigenvalue weighted by molar-refractivity contribution is 7.89. The molecule has 1 aliphatic heterocycles. The first-order valence-corrected chi connectivity index (χ1v) is 9.88. The molecule has 0 atom stereocenters. The Kier molecular flexibility index (Phi) is 6.20. The van der Waals surface area contributed by atoms with Crippen molar-refractivity contribution in [3.8, 4) is 5.75 Å². The number of aromatic nitrogens is 3. The van der Waals surface area contributed by atoms with Gasteiger partial charge in [-0.05, 0) is 24.3 Å². The van der Waals surface area contributed by atoms with E-state index in [0.29, 0.717) is 37.9 Å². The van der Waals surface area contributed by atoms with Crippen LogP contribution >= 0.6 is 0 Å². The van der Waals surface area contributed by atoms with Gasteiger partial charge in [-0.15, -0.1) is 0 Å². The van der Waals surface area contributed by atoms with Gasteiger partial charge in [-0.1, -0.05) is 0 Å². The summed E-state index contributed by atoms with van der Waals surface area (Å²) in [4.78, 5) is 6.46. The Balaban J connectivity index is 1.50. The van der Waals surface area contributed by atoms with Crippen LogP contribution in [0.3, 0.4) is 0 Å². The van der Waals surface area contributed by atoms with Gasteiger partial charge in [-0.3, -0.25) is 9.58 Å². The van der Waals surface area contributed by atoms with Crippen molar-refractivity contribution >= 4 is 10.0 Å². The molecule has 0 spiro atoms. The van der Waals surface area contributed by atoms with E-state index in [1.807, 2.05) is 0 Å². The Morgan fingerprint density at radius 3 is 2.62 bits per heavy atom. The predicted octanol–water partition coefficient (Wildman–Crippen LogP) is 0.00460. The SMILES string of the molecule is Cn1ncnc1COc1ccc(S(=O)(=O)NCCN2CCOCC2)cc1. The van der Waals surface area contributed by atoms with Gasteiger partial charge in [0.05, 0.1) is 18.1 Å². The smallest absolute Gasteiger partial charge is 0.240 e. The van der Waals surface area contributed by atoms with Crippen LogP contribution in [0, 0.1) is 0 Å². The van der Waals surface area contributed by atoms with E-state index in [-0.39, 0.29) is 11.5 Å². The van der Waals surface area contributed by atoms with Crippen molar-refractivity contribution in [1.29, 1.82) is 0 Å². The van der Waals surface area contributed by atoms with Crippen molar-refractivity contribution < 1.29 is 17.9 Å². The average Bonchev–Trinajstić information content (AvgIpc) is 3.06. The lowest BCUT2D eigenvalue weighted by molar-refractivity contribution is 0.0390.